The van der Waals surface area contributed by atoms with Crippen molar-refractivity contribution >= 4 is 22.5 Å². The highest BCUT2D eigenvalue weighted by Gasteiger charge is 2.24. The van der Waals surface area contributed by atoms with Crippen LogP contribution >= 0.6 is 0 Å². The molecule has 0 radical (unpaired) electrons. The average Bonchev–Trinajstić information content (AvgIpc) is 2.67. The number of amides is 1. The molecule has 0 spiro atoms. The zero-order chi connectivity index (χ0) is 18.8. The largest absolute Gasteiger partial charge is 0.323 e. The molecule has 1 aliphatic rings. The summed E-state index contributed by atoms with van der Waals surface area (Å²) in [6.07, 6.45) is 2.01. The summed E-state index contributed by atoms with van der Waals surface area (Å²) in [5.74, 6) is 0.700. The van der Waals surface area contributed by atoms with Gasteiger partial charge < -0.3 is 14.8 Å². The maximum atomic E-state index is 12.9. The molecule has 138 valence electrons. The normalized spacial score (nSPS) is 14.8. The molecule has 1 atom stereocenters. The predicted octanol–water partition coefficient (Wildman–Crippen LogP) is 0.917. The molecule has 1 aliphatic heterocycles. The van der Waals surface area contributed by atoms with E-state index in [0.717, 1.165) is 30.0 Å². The summed E-state index contributed by atoms with van der Waals surface area (Å²) in [7, 11) is 1.95. The van der Waals surface area contributed by atoms with E-state index in [1.807, 2.05) is 48.3 Å². The Hall–Kier alpha value is -2.99. The fraction of sp³-hybridized carbons (Fsp3) is 0.286. The Balaban J connectivity index is 1.48. The van der Waals surface area contributed by atoms with Gasteiger partial charge in [0.2, 0.25) is 0 Å². The van der Waals surface area contributed by atoms with Crippen LogP contribution in [0.15, 0.2) is 53.3 Å². The number of anilines is 1. The van der Waals surface area contributed by atoms with Gasteiger partial charge in [-0.1, -0.05) is 30.3 Å². The average molecular weight is 363 g/mol. The summed E-state index contributed by atoms with van der Waals surface area (Å²) in [6, 6.07) is 15.4. The minimum Gasteiger partial charge on any atom is -0.323 e. The maximum Gasteiger partial charge on any atom is 0.282 e. The standard InChI is InChI=1S/C21H22N4O2/c1-24(13-19-22-17-10-4-3-9-16(17)21(27)23-19)14-20(26)25-12-6-8-15-7-2-5-11-18(15)25/h2-5,7,9-11H,6,8,12-14H2,1H3,(H,22,23,27)/p+1. The van der Waals surface area contributed by atoms with Crippen molar-refractivity contribution in [1.82, 2.24) is 9.97 Å². The Bertz CT molecular complexity index is 1040. The van der Waals surface area contributed by atoms with Crippen LogP contribution in [0.4, 0.5) is 5.69 Å². The lowest BCUT2D eigenvalue weighted by Gasteiger charge is -2.29. The molecular weight excluding hydrogens is 340 g/mol. The number of quaternary nitrogens is 1. The number of H-pyrrole nitrogens is 1. The zero-order valence-electron chi connectivity index (χ0n) is 15.4. The zero-order valence-corrected chi connectivity index (χ0v) is 15.4. The van der Waals surface area contributed by atoms with Gasteiger partial charge in [0.05, 0.1) is 18.0 Å². The number of hydrogen-bond donors (Lipinski definition) is 2. The van der Waals surface area contributed by atoms with Crippen molar-refractivity contribution in [2.45, 2.75) is 19.4 Å². The minimum atomic E-state index is -0.139. The van der Waals surface area contributed by atoms with Gasteiger partial charge in [0, 0.05) is 12.2 Å². The number of nitrogens with one attached hydrogen (secondary N) is 2. The highest BCUT2D eigenvalue weighted by Crippen LogP contribution is 2.26. The molecule has 4 rings (SSSR count). The van der Waals surface area contributed by atoms with Crippen LogP contribution in [0.1, 0.15) is 17.8 Å². The first-order valence-corrected chi connectivity index (χ1v) is 9.29. The SMILES string of the molecule is C[NH+](CC(=O)N1CCCc2ccccc21)Cc1nc2ccccc2c(=O)[nH]1. The second kappa shape index (κ2) is 7.32. The van der Waals surface area contributed by atoms with Gasteiger partial charge in [0.25, 0.3) is 11.5 Å². The number of carbonyl (C=O) groups is 1. The number of rotatable bonds is 4. The van der Waals surface area contributed by atoms with Crippen molar-refractivity contribution in [2.24, 2.45) is 0 Å². The number of para-hydroxylation sites is 2. The molecule has 3 aromatic rings. The van der Waals surface area contributed by atoms with Crippen LogP contribution in [0.3, 0.4) is 0 Å². The molecule has 1 aromatic heterocycles. The van der Waals surface area contributed by atoms with Gasteiger partial charge in [-0.3, -0.25) is 9.59 Å². The molecule has 0 aliphatic carbocycles. The summed E-state index contributed by atoms with van der Waals surface area (Å²) >= 11 is 0. The Morgan fingerprint density at radius 2 is 1.96 bits per heavy atom. The van der Waals surface area contributed by atoms with Crippen molar-refractivity contribution in [3.8, 4) is 0 Å². The first-order chi connectivity index (χ1) is 13.1. The Kier molecular flexibility index (Phi) is 4.73. The van der Waals surface area contributed by atoms with E-state index >= 15 is 0 Å². The number of nitrogens with zero attached hydrogens (tertiary/aromatic N) is 2. The molecule has 1 amide bonds. The maximum absolute atomic E-state index is 12.9. The fourth-order valence-electron chi connectivity index (χ4n) is 3.71. The van der Waals surface area contributed by atoms with E-state index in [0.29, 0.717) is 29.8 Å². The van der Waals surface area contributed by atoms with E-state index in [4.69, 9.17) is 0 Å². The predicted molar refractivity (Wildman–Crippen MR) is 105 cm³/mol. The first-order valence-electron chi connectivity index (χ1n) is 9.29. The van der Waals surface area contributed by atoms with E-state index in [1.54, 1.807) is 6.07 Å². The number of aromatic amines is 1. The highest BCUT2D eigenvalue weighted by atomic mass is 16.2. The third-order valence-corrected chi connectivity index (χ3v) is 5.00. The van der Waals surface area contributed by atoms with E-state index in [1.165, 1.54) is 5.56 Å². The summed E-state index contributed by atoms with van der Waals surface area (Å²) < 4.78 is 0. The monoisotopic (exact) mass is 363 g/mol. The van der Waals surface area contributed by atoms with Crippen molar-refractivity contribution in [3.05, 3.63) is 70.3 Å². The summed E-state index contributed by atoms with van der Waals surface area (Å²) in [4.78, 5) is 35.3. The lowest BCUT2D eigenvalue weighted by Crippen LogP contribution is -3.09. The van der Waals surface area contributed by atoms with Crippen LogP contribution in [-0.4, -0.2) is 36.0 Å². The molecule has 0 bridgehead atoms. The van der Waals surface area contributed by atoms with Crippen LogP contribution in [0.5, 0.6) is 0 Å². The van der Waals surface area contributed by atoms with E-state index < -0.39 is 0 Å². The molecule has 2 N–H and O–H groups in total. The van der Waals surface area contributed by atoms with Gasteiger partial charge in [-0.25, -0.2) is 4.98 Å². The van der Waals surface area contributed by atoms with E-state index in [-0.39, 0.29) is 11.5 Å². The summed E-state index contributed by atoms with van der Waals surface area (Å²) in [6.45, 7) is 1.60. The lowest BCUT2D eigenvalue weighted by atomic mass is 10.0. The fourth-order valence-corrected chi connectivity index (χ4v) is 3.71. The van der Waals surface area contributed by atoms with Crippen molar-refractivity contribution in [2.75, 3.05) is 25.0 Å². The third kappa shape index (κ3) is 3.61. The number of aromatic nitrogens is 2. The molecular formula is C21H23N4O2+. The molecule has 2 heterocycles. The molecule has 6 heteroatoms. The Labute approximate surface area is 157 Å². The van der Waals surface area contributed by atoms with Crippen LogP contribution in [-0.2, 0) is 17.8 Å². The number of benzene rings is 2. The van der Waals surface area contributed by atoms with Gasteiger partial charge in [-0.05, 0) is 36.6 Å². The topological polar surface area (TPSA) is 70.5 Å². The molecule has 1 unspecified atom stereocenters. The van der Waals surface area contributed by atoms with E-state index in [9.17, 15) is 9.59 Å². The number of carbonyl (C=O) groups excluding carboxylic acids is 1. The van der Waals surface area contributed by atoms with Crippen molar-refractivity contribution < 1.29 is 9.69 Å². The van der Waals surface area contributed by atoms with Crippen molar-refractivity contribution in [3.63, 3.8) is 0 Å². The molecule has 0 saturated heterocycles. The van der Waals surface area contributed by atoms with Gasteiger partial charge in [-0.2, -0.15) is 0 Å². The van der Waals surface area contributed by atoms with Crippen LogP contribution < -0.4 is 15.4 Å². The molecule has 6 nitrogen and oxygen atoms in total. The van der Waals surface area contributed by atoms with Gasteiger partial charge in [-0.15, -0.1) is 0 Å². The Morgan fingerprint density at radius 3 is 2.85 bits per heavy atom. The van der Waals surface area contributed by atoms with Crippen LogP contribution in [0.25, 0.3) is 10.9 Å². The Morgan fingerprint density at radius 1 is 1.19 bits per heavy atom. The number of aryl methyl sites for hydroxylation is 1. The number of fused-ring (bicyclic) bond motifs is 2. The molecule has 0 saturated carbocycles. The molecule has 27 heavy (non-hydrogen) atoms. The summed E-state index contributed by atoms with van der Waals surface area (Å²) in [5, 5.41) is 0.583. The van der Waals surface area contributed by atoms with Gasteiger partial charge >= 0.3 is 0 Å². The van der Waals surface area contributed by atoms with Gasteiger partial charge in [0.15, 0.2) is 12.4 Å². The number of hydrogen-bond acceptors (Lipinski definition) is 3. The second-order valence-electron chi connectivity index (χ2n) is 7.12. The number of likely N-dealkylation sites (N-methyl/N-ethyl adjacent to an activating group) is 1. The summed E-state index contributed by atoms with van der Waals surface area (Å²) in [5.41, 5.74) is 2.80. The minimum absolute atomic E-state index is 0.0998. The van der Waals surface area contributed by atoms with E-state index in [2.05, 4.69) is 16.0 Å². The first kappa shape index (κ1) is 17.4. The molecule has 0 fully saturated rings. The molecule has 2 aromatic carbocycles. The quantitative estimate of drug-likeness (QED) is 0.724. The lowest BCUT2D eigenvalue weighted by molar-refractivity contribution is -0.886. The van der Waals surface area contributed by atoms with Crippen LogP contribution in [0.2, 0.25) is 0 Å². The second-order valence-corrected chi connectivity index (χ2v) is 7.12. The third-order valence-electron chi connectivity index (χ3n) is 5.00. The van der Waals surface area contributed by atoms with Crippen LogP contribution in [0, 0.1) is 0 Å². The smallest absolute Gasteiger partial charge is 0.282 e. The van der Waals surface area contributed by atoms with Gasteiger partial charge in [0.1, 0.15) is 6.54 Å². The van der Waals surface area contributed by atoms with Crippen molar-refractivity contribution in [1.29, 1.82) is 0 Å². The highest BCUT2D eigenvalue weighted by molar-refractivity contribution is 5.95.